The molecule has 1 aliphatic rings. The van der Waals surface area contributed by atoms with Gasteiger partial charge in [-0.15, -0.1) is 0 Å². The lowest BCUT2D eigenvalue weighted by Crippen LogP contribution is -2.48. The summed E-state index contributed by atoms with van der Waals surface area (Å²) in [4.78, 5) is 16.7. The van der Waals surface area contributed by atoms with Gasteiger partial charge in [0.15, 0.2) is 5.82 Å². The smallest absolute Gasteiger partial charge is 0.271 e. The number of rotatable bonds is 4. The van der Waals surface area contributed by atoms with Gasteiger partial charge in [0.25, 0.3) is 5.91 Å². The van der Waals surface area contributed by atoms with Crippen LogP contribution in [0.5, 0.6) is 0 Å². The summed E-state index contributed by atoms with van der Waals surface area (Å²) in [6, 6.07) is 5.40. The second kappa shape index (κ2) is 6.06. The van der Waals surface area contributed by atoms with Crippen molar-refractivity contribution in [1.82, 2.24) is 25.4 Å². The van der Waals surface area contributed by atoms with Crippen molar-refractivity contribution in [2.75, 3.05) is 19.6 Å². The minimum Gasteiger partial charge on any atom is -0.350 e. The highest BCUT2D eigenvalue weighted by Gasteiger charge is 2.20. The fourth-order valence-electron chi connectivity index (χ4n) is 2.38. The minimum atomic E-state index is -0.250. The summed E-state index contributed by atoms with van der Waals surface area (Å²) >= 11 is 6.12. The quantitative estimate of drug-likeness (QED) is 0.895. The van der Waals surface area contributed by atoms with E-state index in [4.69, 9.17) is 11.6 Å². The Balaban J connectivity index is 1.82. The van der Waals surface area contributed by atoms with Crippen molar-refractivity contribution < 1.29 is 4.79 Å². The lowest BCUT2D eigenvalue weighted by Gasteiger charge is -2.27. The van der Waals surface area contributed by atoms with Crippen molar-refractivity contribution in [3.63, 3.8) is 0 Å². The number of carbonyl (C=O) groups excluding carboxylic acids is 1. The van der Waals surface area contributed by atoms with Gasteiger partial charge in [0.1, 0.15) is 5.69 Å². The molecule has 116 valence electrons. The van der Waals surface area contributed by atoms with Crippen LogP contribution >= 0.6 is 11.6 Å². The fourth-order valence-corrected chi connectivity index (χ4v) is 2.57. The van der Waals surface area contributed by atoms with Crippen LogP contribution in [0.3, 0.4) is 0 Å². The predicted octanol–water partition coefficient (Wildman–Crippen LogP) is 1.49. The lowest BCUT2D eigenvalue weighted by atomic mass is 10.0. The van der Waals surface area contributed by atoms with Crippen LogP contribution in [0.15, 0.2) is 18.2 Å². The van der Waals surface area contributed by atoms with E-state index in [9.17, 15) is 4.79 Å². The SMILES string of the molecule is Cc1cc(C)n(-c2ccc(Cl)c(C(=O)NCC3CNC3)n2)n1. The monoisotopic (exact) mass is 319 g/mol. The second-order valence-electron chi connectivity index (χ2n) is 5.57. The molecule has 2 aromatic heterocycles. The average molecular weight is 320 g/mol. The highest BCUT2D eigenvalue weighted by atomic mass is 35.5. The van der Waals surface area contributed by atoms with E-state index in [1.807, 2.05) is 19.9 Å². The summed E-state index contributed by atoms with van der Waals surface area (Å²) in [7, 11) is 0. The first-order chi connectivity index (χ1) is 10.5. The molecule has 3 heterocycles. The summed E-state index contributed by atoms with van der Waals surface area (Å²) < 4.78 is 1.71. The number of nitrogens with zero attached hydrogens (tertiary/aromatic N) is 3. The van der Waals surface area contributed by atoms with Crippen molar-refractivity contribution >= 4 is 17.5 Å². The van der Waals surface area contributed by atoms with Gasteiger partial charge >= 0.3 is 0 Å². The Morgan fingerprint density at radius 1 is 1.45 bits per heavy atom. The zero-order valence-electron chi connectivity index (χ0n) is 12.6. The van der Waals surface area contributed by atoms with Crippen molar-refractivity contribution in [2.45, 2.75) is 13.8 Å². The Bertz CT molecular complexity index is 708. The Morgan fingerprint density at radius 3 is 2.82 bits per heavy atom. The second-order valence-corrected chi connectivity index (χ2v) is 5.98. The van der Waals surface area contributed by atoms with E-state index < -0.39 is 0 Å². The molecule has 0 radical (unpaired) electrons. The first-order valence-corrected chi connectivity index (χ1v) is 7.61. The van der Waals surface area contributed by atoms with E-state index >= 15 is 0 Å². The van der Waals surface area contributed by atoms with Crippen molar-refractivity contribution in [2.24, 2.45) is 5.92 Å². The van der Waals surface area contributed by atoms with Crippen molar-refractivity contribution in [1.29, 1.82) is 0 Å². The van der Waals surface area contributed by atoms with E-state index in [1.165, 1.54) is 0 Å². The number of halogens is 1. The van der Waals surface area contributed by atoms with Crippen LogP contribution in [0.25, 0.3) is 5.82 Å². The van der Waals surface area contributed by atoms with Crippen LogP contribution in [0.1, 0.15) is 21.9 Å². The third-order valence-corrected chi connectivity index (χ3v) is 4.00. The lowest BCUT2D eigenvalue weighted by molar-refractivity contribution is 0.0937. The summed E-state index contributed by atoms with van der Waals surface area (Å²) in [5, 5.41) is 10.8. The molecule has 0 bridgehead atoms. The summed E-state index contributed by atoms with van der Waals surface area (Å²) in [6.45, 7) is 6.37. The van der Waals surface area contributed by atoms with Gasteiger partial charge in [-0.2, -0.15) is 5.10 Å². The first-order valence-electron chi connectivity index (χ1n) is 7.23. The Morgan fingerprint density at radius 2 is 2.23 bits per heavy atom. The maximum atomic E-state index is 12.3. The van der Waals surface area contributed by atoms with Gasteiger partial charge in [0.2, 0.25) is 0 Å². The van der Waals surface area contributed by atoms with E-state index in [0.29, 0.717) is 23.3 Å². The summed E-state index contributed by atoms with van der Waals surface area (Å²) in [5.41, 5.74) is 2.09. The standard InChI is InChI=1S/C15H18ClN5O/c1-9-5-10(2)21(20-9)13-4-3-12(16)14(19-13)15(22)18-8-11-6-17-7-11/h3-5,11,17H,6-8H2,1-2H3,(H,18,22). The molecule has 0 atom stereocenters. The summed E-state index contributed by atoms with van der Waals surface area (Å²) in [5.74, 6) is 0.827. The van der Waals surface area contributed by atoms with Gasteiger partial charge in [-0.25, -0.2) is 9.67 Å². The van der Waals surface area contributed by atoms with E-state index in [-0.39, 0.29) is 11.6 Å². The molecule has 6 nitrogen and oxygen atoms in total. The number of hydrogen-bond donors (Lipinski definition) is 2. The molecule has 2 N–H and O–H groups in total. The number of aromatic nitrogens is 3. The van der Waals surface area contributed by atoms with E-state index in [0.717, 1.165) is 24.5 Å². The third kappa shape index (κ3) is 2.98. The number of carbonyl (C=O) groups is 1. The normalized spacial score (nSPS) is 14.7. The van der Waals surface area contributed by atoms with Crippen LogP contribution in [-0.2, 0) is 0 Å². The van der Waals surface area contributed by atoms with Crippen LogP contribution < -0.4 is 10.6 Å². The van der Waals surface area contributed by atoms with Crippen molar-refractivity contribution in [3.05, 3.63) is 40.3 Å². The molecule has 0 aliphatic carbocycles. The van der Waals surface area contributed by atoms with Crippen LogP contribution in [0, 0.1) is 19.8 Å². The Kier molecular flexibility index (Phi) is 4.13. The molecule has 0 saturated carbocycles. The molecule has 0 unspecified atom stereocenters. The molecule has 1 amide bonds. The molecule has 0 aromatic carbocycles. The largest absolute Gasteiger partial charge is 0.350 e. The number of pyridine rings is 1. The zero-order valence-corrected chi connectivity index (χ0v) is 13.3. The number of nitrogens with one attached hydrogen (secondary N) is 2. The maximum Gasteiger partial charge on any atom is 0.271 e. The van der Waals surface area contributed by atoms with Crippen LogP contribution in [0.2, 0.25) is 5.02 Å². The summed E-state index contributed by atoms with van der Waals surface area (Å²) in [6.07, 6.45) is 0. The molecule has 3 rings (SSSR count). The predicted molar refractivity (Wildman–Crippen MR) is 84.5 cm³/mol. The van der Waals surface area contributed by atoms with Gasteiger partial charge in [-0.1, -0.05) is 11.6 Å². The topological polar surface area (TPSA) is 71.8 Å². The van der Waals surface area contributed by atoms with E-state index in [2.05, 4.69) is 20.7 Å². The first kappa shape index (κ1) is 15.0. The number of amides is 1. The van der Waals surface area contributed by atoms with Gasteiger partial charge < -0.3 is 10.6 Å². The molecular formula is C15H18ClN5O. The highest BCUT2D eigenvalue weighted by Crippen LogP contribution is 2.18. The number of aryl methyl sites for hydroxylation is 2. The van der Waals surface area contributed by atoms with Crippen molar-refractivity contribution in [3.8, 4) is 5.82 Å². The molecule has 1 fully saturated rings. The maximum absolute atomic E-state index is 12.3. The minimum absolute atomic E-state index is 0.235. The van der Waals surface area contributed by atoms with Crippen LogP contribution in [0.4, 0.5) is 0 Å². The zero-order chi connectivity index (χ0) is 15.7. The molecule has 2 aromatic rings. The third-order valence-electron chi connectivity index (χ3n) is 3.69. The Hall–Kier alpha value is -1.92. The molecular weight excluding hydrogens is 302 g/mol. The van der Waals surface area contributed by atoms with Crippen LogP contribution in [-0.4, -0.2) is 40.3 Å². The van der Waals surface area contributed by atoms with Gasteiger partial charge in [-0.05, 0) is 32.0 Å². The Labute approximate surface area is 133 Å². The number of hydrogen-bond acceptors (Lipinski definition) is 4. The highest BCUT2D eigenvalue weighted by molar-refractivity contribution is 6.33. The molecule has 1 saturated heterocycles. The molecule has 22 heavy (non-hydrogen) atoms. The van der Waals surface area contributed by atoms with Gasteiger partial charge in [0.05, 0.1) is 10.7 Å². The fraction of sp³-hybridized carbons (Fsp3) is 0.400. The van der Waals surface area contributed by atoms with Gasteiger partial charge in [-0.3, -0.25) is 4.79 Å². The molecule has 0 spiro atoms. The molecule has 7 heteroatoms. The van der Waals surface area contributed by atoms with E-state index in [1.54, 1.807) is 16.8 Å². The average Bonchev–Trinajstić information content (AvgIpc) is 2.76. The van der Waals surface area contributed by atoms with Gasteiger partial charge in [0, 0.05) is 31.2 Å². The molecule has 1 aliphatic heterocycles.